The van der Waals surface area contributed by atoms with Crippen LogP contribution in [0.15, 0.2) is 11.4 Å². The van der Waals surface area contributed by atoms with Crippen molar-refractivity contribution in [1.82, 2.24) is 4.90 Å². The van der Waals surface area contributed by atoms with E-state index in [9.17, 15) is 14.9 Å². The molecule has 0 spiro atoms. The van der Waals surface area contributed by atoms with Gasteiger partial charge in [0.05, 0.1) is 23.6 Å². The number of nitrogens with zero attached hydrogens (tertiary/aromatic N) is 2. The summed E-state index contributed by atoms with van der Waals surface area (Å²) < 4.78 is 4.61. The maximum Gasteiger partial charge on any atom is 0.310 e. The summed E-state index contributed by atoms with van der Waals surface area (Å²) >= 11 is 0. The van der Waals surface area contributed by atoms with E-state index in [1.54, 1.807) is 11.9 Å². The molecule has 6 nitrogen and oxygen atoms in total. The lowest BCUT2D eigenvalue weighted by atomic mass is 10.1. The lowest BCUT2D eigenvalue weighted by Gasteiger charge is -2.11. The molecule has 1 saturated heterocycles. The highest BCUT2D eigenvalue weighted by molar-refractivity contribution is 5.73. The van der Waals surface area contributed by atoms with Crippen molar-refractivity contribution < 1.29 is 14.5 Å². The molecule has 1 heterocycles. The summed E-state index contributed by atoms with van der Waals surface area (Å²) in [4.78, 5) is 23.1. The lowest BCUT2D eigenvalue weighted by Crippen LogP contribution is -2.20. The fourth-order valence-corrected chi connectivity index (χ4v) is 1.75. The van der Waals surface area contributed by atoms with E-state index in [0.29, 0.717) is 18.7 Å². The van der Waals surface area contributed by atoms with Gasteiger partial charge in [-0.2, -0.15) is 0 Å². The van der Waals surface area contributed by atoms with E-state index in [4.69, 9.17) is 0 Å². The van der Waals surface area contributed by atoms with Crippen molar-refractivity contribution in [3.63, 3.8) is 0 Å². The van der Waals surface area contributed by atoms with E-state index in [1.165, 1.54) is 14.0 Å². The maximum absolute atomic E-state index is 11.3. The number of likely N-dealkylation sites (tertiary alicyclic amines) is 1. The van der Waals surface area contributed by atoms with Gasteiger partial charge in [-0.25, -0.2) is 0 Å². The second-order valence-electron chi connectivity index (χ2n) is 3.59. The molecule has 1 fully saturated rings. The maximum atomic E-state index is 11.3. The number of methoxy groups -OCH3 is 1. The summed E-state index contributed by atoms with van der Waals surface area (Å²) in [6.45, 7) is 1.93. The predicted molar refractivity (Wildman–Crippen MR) is 52.4 cm³/mol. The van der Waals surface area contributed by atoms with Crippen LogP contribution in [0.2, 0.25) is 0 Å². The van der Waals surface area contributed by atoms with Gasteiger partial charge in [0.15, 0.2) is 0 Å². The van der Waals surface area contributed by atoms with Crippen molar-refractivity contribution >= 4 is 5.97 Å². The molecule has 6 heteroatoms. The van der Waals surface area contributed by atoms with Gasteiger partial charge in [-0.15, -0.1) is 0 Å². The quantitative estimate of drug-likeness (QED) is 0.382. The van der Waals surface area contributed by atoms with Crippen LogP contribution in [0, 0.1) is 16.0 Å². The Morgan fingerprint density at radius 3 is 2.73 bits per heavy atom. The summed E-state index contributed by atoms with van der Waals surface area (Å²) in [6.07, 6.45) is 0.385. The van der Waals surface area contributed by atoms with Gasteiger partial charge in [0.25, 0.3) is 5.70 Å². The molecule has 0 radical (unpaired) electrons. The molecule has 1 atom stereocenters. The van der Waals surface area contributed by atoms with Gasteiger partial charge in [0.1, 0.15) is 0 Å². The van der Waals surface area contributed by atoms with Gasteiger partial charge in [0.2, 0.25) is 0 Å². The zero-order valence-electron chi connectivity index (χ0n) is 9.02. The van der Waals surface area contributed by atoms with Gasteiger partial charge < -0.3 is 9.64 Å². The number of allylic oxidation sites excluding steroid dienone is 2. The first-order chi connectivity index (χ1) is 6.97. The molecule has 0 aromatic carbocycles. The molecule has 0 N–H and O–H groups in total. The highest BCUT2D eigenvalue weighted by atomic mass is 16.6. The zero-order chi connectivity index (χ0) is 11.6. The van der Waals surface area contributed by atoms with E-state index in [1.807, 2.05) is 0 Å². The van der Waals surface area contributed by atoms with Crippen LogP contribution in [0.5, 0.6) is 0 Å². The standard InChI is InChI=1S/C9H14N2O4/c1-6(11(13)14)8-4-7(5-10(8)2)9(12)15-3/h7H,4-5H2,1-3H3/b8-6+. The second-order valence-corrected chi connectivity index (χ2v) is 3.59. The molecule has 84 valence electrons. The number of ether oxygens (including phenoxy) is 1. The average molecular weight is 214 g/mol. The minimum absolute atomic E-state index is 0.101. The summed E-state index contributed by atoms with van der Waals surface area (Å²) in [5.41, 5.74) is 0.708. The number of hydrogen-bond donors (Lipinski definition) is 0. The minimum Gasteiger partial charge on any atom is -0.469 e. The number of rotatable bonds is 2. The SMILES string of the molecule is COC(=O)C1C/C(=C(/C)[N+](=O)[O-])N(C)C1. The molecule has 0 aromatic heterocycles. The van der Waals surface area contributed by atoms with Gasteiger partial charge in [-0.3, -0.25) is 14.9 Å². The Hall–Kier alpha value is -1.59. The van der Waals surface area contributed by atoms with Crippen molar-refractivity contribution in [2.24, 2.45) is 5.92 Å². The second kappa shape index (κ2) is 4.29. The third kappa shape index (κ3) is 2.26. The number of carbonyl (C=O) groups is 1. The van der Waals surface area contributed by atoms with Crippen molar-refractivity contribution in [3.8, 4) is 0 Å². The Morgan fingerprint density at radius 2 is 2.27 bits per heavy atom. The Labute approximate surface area is 87.7 Å². The zero-order valence-corrected chi connectivity index (χ0v) is 9.02. The number of nitro groups is 1. The Balaban J connectivity index is 2.85. The van der Waals surface area contributed by atoms with E-state index < -0.39 is 4.92 Å². The van der Waals surface area contributed by atoms with Crippen molar-refractivity contribution in [2.75, 3.05) is 20.7 Å². The normalized spacial score (nSPS) is 23.9. The van der Waals surface area contributed by atoms with E-state index >= 15 is 0 Å². The minimum atomic E-state index is -0.425. The summed E-state index contributed by atoms with van der Waals surface area (Å²) in [5, 5.41) is 10.6. The van der Waals surface area contributed by atoms with E-state index in [-0.39, 0.29) is 17.6 Å². The summed E-state index contributed by atoms with van der Waals surface area (Å²) in [6, 6.07) is 0. The van der Waals surface area contributed by atoms with Crippen molar-refractivity contribution in [2.45, 2.75) is 13.3 Å². The van der Waals surface area contributed by atoms with Crippen molar-refractivity contribution in [3.05, 3.63) is 21.5 Å². The largest absolute Gasteiger partial charge is 0.469 e. The summed E-state index contributed by atoms with van der Waals surface area (Å²) in [5.74, 6) is -0.599. The molecule has 0 aliphatic carbocycles. The highest BCUT2D eigenvalue weighted by Gasteiger charge is 2.34. The molecule has 0 aromatic rings. The third-order valence-corrected chi connectivity index (χ3v) is 2.62. The van der Waals surface area contributed by atoms with Crippen LogP contribution in [0.1, 0.15) is 13.3 Å². The molecule has 0 saturated carbocycles. The molecular weight excluding hydrogens is 200 g/mol. The summed E-state index contributed by atoms with van der Waals surface area (Å²) in [7, 11) is 3.07. The lowest BCUT2D eigenvalue weighted by molar-refractivity contribution is -0.426. The first-order valence-corrected chi connectivity index (χ1v) is 4.60. The van der Waals surface area contributed by atoms with Crippen LogP contribution < -0.4 is 0 Å². The van der Waals surface area contributed by atoms with E-state index in [0.717, 1.165) is 0 Å². The highest BCUT2D eigenvalue weighted by Crippen LogP contribution is 2.28. The molecule has 0 amide bonds. The van der Waals surface area contributed by atoms with Gasteiger partial charge in [-0.1, -0.05) is 0 Å². The van der Waals surface area contributed by atoms with Crippen LogP contribution in [0.3, 0.4) is 0 Å². The van der Waals surface area contributed by atoms with Crippen LogP contribution in [0.4, 0.5) is 0 Å². The van der Waals surface area contributed by atoms with Crippen LogP contribution in [0.25, 0.3) is 0 Å². The molecule has 1 aliphatic rings. The fraction of sp³-hybridized carbons (Fsp3) is 0.667. The fourth-order valence-electron chi connectivity index (χ4n) is 1.75. The monoisotopic (exact) mass is 214 g/mol. The Kier molecular flexibility index (Phi) is 3.28. The van der Waals surface area contributed by atoms with Crippen LogP contribution >= 0.6 is 0 Å². The van der Waals surface area contributed by atoms with Gasteiger partial charge >= 0.3 is 5.97 Å². The van der Waals surface area contributed by atoms with Crippen LogP contribution in [-0.2, 0) is 9.53 Å². The molecule has 15 heavy (non-hydrogen) atoms. The number of carbonyl (C=O) groups excluding carboxylic acids is 1. The van der Waals surface area contributed by atoms with E-state index in [2.05, 4.69) is 4.74 Å². The molecule has 0 bridgehead atoms. The number of esters is 1. The number of hydrogen-bond acceptors (Lipinski definition) is 5. The van der Waals surface area contributed by atoms with Gasteiger partial charge in [0, 0.05) is 26.9 Å². The predicted octanol–water partition coefficient (Wildman–Crippen LogP) is 0.619. The van der Waals surface area contributed by atoms with Crippen molar-refractivity contribution in [1.29, 1.82) is 0 Å². The Morgan fingerprint density at radius 1 is 1.67 bits per heavy atom. The molecule has 1 unspecified atom stereocenters. The average Bonchev–Trinajstić information content (AvgIpc) is 2.57. The first kappa shape index (κ1) is 11.5. The topological polar surface area (TPSA) is 72.7 Å². The Bertz CT molecular complexity index is 324. The molecule has 1 aliphatic heterocycles. The molecular formula is C9H14N2O4. The first-order valence-electron chi connectivity index (χ1n) is 4.60. The van der Waals surface area contributed by atoms with Gasteiger partial charge in [-0.05, 0) is 0 Å². The van der Waals surface area contributed by atoms with Crippen LogP contribution in [-0.4, -0.2) is 36.5 Å². The third-order valence-electron chi connectivity index (χ3n) is 2.62. The smallest absolute Gasteiger partial charge is 0.310 e. The molecule has 1 rings (SSSR count).